The number of aromatic nitrogens is 2. The van der Waals surface area contributed by atoms with E-state index < -0.39 is 0 Å². The van der Waals surface area contributed by atoms with Crippen molar-refractivity contribution in [1.82, 2.24) is 9.78 Å². The zero-order valence-electron chi connectivity index (χ0n) is 18.5. The highest BCUT2D eigenvalue weighted by Crippen LogP contribution is 2.46. The van der Waals surface area contributed by atoms with Crippen LogP contribution in [0.5, 0.6) is 0 Å². The van der Waals surface area contributed by atoms with Crippen molar-refractivity contribution in [3.63, 3.8) is 0 Å². The van der Waals surface area contributed by atoms with Gasteiger partial charge in [-0.3, -0.25) is 4.79 Å². The first-order chi connectivity index (χ1) is 13.9. The summed E-state index contributed by atoms with van der Waals surface area (Å²) < 4.78 is 1.80. The lowest BCUT2D eigenvalue weighted by Crippen LogP contribution is -2.26. The number of carbonyl (C=O) groups excluding carboxylic acids is 1. The molecule has 1 aromatic heterocycles. The monoisotopic (exact) mass is 390 g/mol. The first-order valence-electron chi connectivity index (χ1n) is 11.3. The summed E-state index contributed by atoms with van der Waals surface area (Å²) >= 11 is 0. The van der Waals surface area contributed by atoms with Gasteiger partial charge < -0.3 is 0 Å². The third-order valence-corrected chi connectivity index (χ3v) is 7.26. The summed E-state index contributed by atoms with van der Waals surface area (Å²) in [4.78, 5) is 13.7. The molecule has 0 amide bonds. The van der Waals surface area contributed by atoms with Gasteiger partial charge in [-0.25, -0.2) is 0 Å². The second-order valence-corrected chi connectivity index (χ2v) is 9.59. The number of rotatable bonds is 3. The minimum Gasteiger partial charge on any atom is -0.272 e. The predicted octanol–water partition coefficient (Wildman–Crippen LogP) is 6.96. The van der Waals surface area contributed by atoms with Gasteiger partial charge in [-0.15, -0.1) is 0 Å². The lowest BCUT2D eigenvalue weighted by molar-refractivity contribution is 0.0806. The van der Waals surface area contributed by atoms with Crippen LogP contribution in [0.4, 0.5) is 0 Å². The first-order valence-corrected chi connectivity index (χ1v) is 11.3. The zero-order chi connectivity index (χ0) is 20.7. The molecule has 1 aromatic carbocycles. The molecular weight excluding hydrogens is 356 g/mol. The minimum atomic E-state index is 0.0373. The number of hydrogen-bond acceptors (Lipinski definition) is 2. The van der Waals surface area contributed by atoms with E-state index in [1.54, 1.807) is 4.68 Å². The molecule has 0 bridgehead atoms. The van der Waals surface area contributed by atoms with Gasteiger partial charge in [0.15, 0.2) is 0 Å². The number of carbonyl (C=O) groups is 1. The number of hydrogen-bond donors (Lipinski definition) is 0. The lowest BCUT2D eigenvalue weighted by Gasteiger charge is -2.29. The average Bonchev–Trinajstić information content (AvgIpc) is 3.11. The fourth-order valence-corrected chi connectivity index (χ4v) is 5.23. The molecular formula is C26H34N2O. The molecule has 29 heavy (non-hydrogen) atoms. The van der Waals surface area contributed by atoms with E-state index in [1.165, 1.54) is 28.8 Å². The Morgan fingerprint density at radius 1 is 1.07 bits per heavy atom. The molecule has 0 saturated carbocycles. The summed E-state index contributed by atoms with van der Waals surface area (Å²) in [5.41, 5.74) is 7.48. The van der Waals surface area contributed by atoms with E-state index in [-0.39, 0.29) is 11.8 Å². The fourth-order valence-electron chi connectivity index (χ4n) is 5.23. The first kappa shape index (κ1) is 20.1. The van der Waals surface area contributed by atoms with Crippen molar-refractivity contribution < 1.29 is 4.79 Å². The molecule has 4 rings (SSSR count). The van der Waals surface area contributed by atoms with Gasteiger partial charge in [0.2, 0.25) is 0 Å². The molecule has 0 saturated heterocycles. The van der Waals surface area contributed by atoms with Crippen molar-refractivity contribution >= 4 is 5.91 Å². The maximum absolute atomic E-state index is 13.7. The normalized spacial score (nSPS) is 24.7. The molecule has 3 heteroatoms. The second kappa shape index (κ2) is 7.93. The Bertz CT molecular complexity index is 935. The largest absolute Gasteiger partial charge is 0.272 e. The highest BCUT2D eigenvalue weighted by Gasteiger charge is 2.36. The molecule has 3 atom stereocenters. The summed E-state index contributed by atoms with van der Waals surface area (Å²) in [7, 11) is 0. The van der Waals surface area contributed by atoms with E-state index in [9.17, 15) is 4.79 Å². The van der Waals surface area contributed by atoms with Crippen molar-refractivity contribution in [2.45, 2.75) is 78.6 Å². The van der Waals surface area contributed by atoms with Gasteiger partial charge in [0, 0.05) is 23.0 Å². The SMILES string of the molecule is CC1=C(C)C[C@@H](C(=O)n2nc3c(c2-c2ccccc2)[C@H](C)CC[C@H]3C(C)C)CC1. The molecule has 1 heterocycles. The smallest absolute Gasteiger partial charge is 0.250 e. The molecule has 0 unspecified atom stereocenters. The van der Waals surface area contributed by atoms with Crippen molar-refractivity contribution in [2.75, 3.05) is 0 Å². The van der Waals surface area contributed by atoms with Gasteiger partial charge in [0.25, 0.3) is 5.91 Å². The maximum atomic E-state index is 13.7. The van der Waals surface area contributed by atoms with Gasteiger partial charge >= 0.3 is 0 Å². The topological polar surface area (TPSA) is 34.9 Å². The van der Waals surface area contributed by atoms with Crippen LogP contribution in [0.2, 0.25) is 0 Å². The molecule has 0 radical (unpaired) electrons. The van der Waals surface area contributed by atoms with Gasteiger partial charge in [-0.1, -0.05) is 62.2 Å². The molecule has 0 fully saturated rings. The maximum Gasteiger partial charge on any atom is 0.250 e. The molecule has 3 nitrogen and oxygen atoms in total. The standard InChI is InChI=1S/C26H34N2O/c1-16(2)22-14-12-18(4)23-24(22)27-28(25(23)20-9-7-6-8-10-20)26(29)21-13-11-17(3)19(5)15-21/h6-10,16,18,21-22H,11-15H2,1-5H3/t18-,21+,22+/m1/s1. The molecule has 2 aliphatic carbocycles. The van der Waals surface area contributed by atoms with E-state index in [4.69, 9.17) is 5.10 Å². The Balaban J connectivity index is 1.86. The van der Waals surface area contributed by atoms with Crippen LogP contribution in [0.25, 0.3) is 11.3 Å². The summed E-state index contributed by atoms with van der Waals surface area (Å²) in [5, 5.41) is 5.05. The van der Waals surface area contributed by atoms with Crippen LogP contribution in [-0.4, -0.2) is 15.7 Å². The zero-order valence-corrected chi connectivity index (χ0v) is 18.5. The van der Waals surface area contributed by atoms with Crippen LogP contribution in [0.1, 0.15) is 94.6 Å². The Labute approximate surface area is 175 Å². The molecule has 0 aliphatic heterocycles. The van der Waals surface area contributed by atoms with Gasteiger partial charge in [-0.05, 0) is 57.8 Å². The Kier molecular flexibility index (Phi) is 5.50. The highest BCUT2D eigenvalue weighted by atomic mass is 16.2. The second-order valence-electron chi connectivity index (χ2n) is 9.59. The van der Waals surface area contributed by atoms with E-state index in [2.05, 4.69) is 58.9 Å². The molecule has 0 N–H and O–H groups in total. The number of nitrogens with zero attached hydrogens (tertiary/aromatic N) is 2. The van der Waals surface area contributed by atoms with Crippen LogP contribution in [-0.2, 0) is 0 Å². The number of fused-ring (bicyclic) bond motifs is 1. The Morgan fingerprint density at radius 3 is 2.45 bits per heavy atom. The molecule has 2 aromatic rings. The van der Waals surface area contributed by atoms with Crippen molar-refractivity contribution in [1.29, 1.82) is 0 Å². The van der Waals surface area contributed by atoms with Gasteiger partial charge in [-0.2, -0.15) is 9.78 Å². The van der Waals surface area contributed by atoms with Crippen molar-refractivity contribution in [2.24, 2.45) is 11.8 Å². The van der Waals surface area contributed by atoms with Crippen LogP contribution in [0, 0.1) is 11.8 Å². The van der Waals surface area contributed by atoms with Crippen LogP contribution < -0.4 is 0 Å². The molecule has 154 valence electrons. The third kappa shape index (κ3) is 3.60. The number of benzene rings is 1. The number of allylic oxidation sites excluding steroid dienone is 2. The van der Waals surface area contributed by atoms with Gasteiger partial charge in [0.05, 0.1) is 11.4 Å². The van der Waals surface area contributed by atoms with Crippen molar-refractivity contribution in [3.8, 4) is 11.3 Å². The average molecular weight is 391 g/mol. The van der Waals surface area contributed by atoms with Crippen LogP contribution in [0.3, 0.4) is 0 Å². The van der Waals surface area contributed by atoms with E-state index in [0.717, 1.165) is 36.9 Å². The van der Waals surface area contributed by atoms with E-state index >= 15 is 0 Å². The molecule has 2 aliphatic rings. The fraction of sp³-hybridized carbons (Fsp3) is 0.538. The van der Waals surface area contributed by atoms with E-state index in [0.29, 0.717) is 17.8 Å². The minimum absolute atomic E-state index is 0.0373. The van der Waals surface area contributed by atoms with Crippen LogP contribution in [0.15, 0.2) is 41.5 Å². The molecule has 0 spiro atoms. The summed E-state index contributed by atoms with van der Waals surface area (Å²) in [6.45, 7) is 11.2. The van der Waals surface area contributed by atoms with Crippen molar-refractivity contribution in [3.05, 3.63) is 52.7 Å². The van der Waals surface area contributed by atoms with E-state index in [1.807, 2.05) is 6.07 Å². The summed E-state index contributed by atoms with van der Waals surface area (Å²) in [6, 6.07) is 10.4. The van der Waals surface area contributed by atoms with Crippen LogP contribution >= 0.6 is 0 Å². The highest BCUT2D eigenvalue weighted by molar-refractivity contribution is 5.87. The van der Waals surface area contributed by atoms with Gasteiger partial charge in [0.1, 0.15) is 0 Å². The lowest BCUT2D eigenvalue weighted by atomic mass is 9.75. The summed E-state index contributed by atoms with van der Waals surface area (Å²) in [6.07, 6.45) is 5.15. The predicted molar refractivity (Wildman–Crippen MR) is 119 cm³/mol. The quantitative estimate of drug-likeness (QED) is 0.531. The third-order valence-electron chi connectivity index (χ3n) is 7.26. The Morgan fingerprint density at radius 2 is 1.79 bits per heavy atom. The summed E-state index contributed by atoms with van der Waals surface area (Å²) in [5.74, 6) is 1.63. The Hall–Kier alpha value is -2.16.